The minimum Gasteiger partial charge on any atom is -0.481 e. The van der Waals surface area contributed by atoms with Crippen LogP contribution in [0.1, 0.15) is 49.0 Å². The van der Waals surface area contributed by atoms with Crippen LogP contribution in [0.5, 0.6) is 11.8 Å². The maximum atomic E-state index is 16.5. The average molecular weight is 710 g/mol. The largest absolute Gasteiger partial charge is 0.481 e. The number of rotatable bonds is 10. The Bertz CT molecular complexity index is 2060. The summed E-state index contributed by atoms with van der Waals surface area (Å²) in [6.45, 7) is 6.04. The topological polar surface area (TPSA) is 122 Å². The van der Waals surface area contributed by atoms with Crippen molar-refractivity contribution in [1.29, 1.82) is 0 Å². The maximum absolute atomic E-state index is 16.5. The molecule has 52 heavy (non-hydrogen) atoms. The molecule has 3 saturated heterocycles. The molecule has 270 valence electrons. The lowest BCUT2D eigenvalue weighted by Crippen LogP contribution is -2.72. The van der Waals surface area contributed by atoms with Gasteiger partial charge in [0.2, 0.25) is 23.6 Å². The first-order valence-electron chi connectivity index (χ1n) is 17.7. The summed E-state index contributed by atoms with van der Waals surface area (Å²) in [7, 11) is 3.06. The van der Waals surface area contributed by atoms with Gasteiger partial charge in [0.05, 0.1) is 31.8 Å². The number of nitrogens with zero attached hydrogens (tertiary/aromatic N) is 5. The van der Waals surface area contributed by atoms with Gasteiger partial charge in [-0.05, 0) is 43.0 Å². The van der Waals surface area contributed by atoms with Gasteiger partial charge in [-0.3, -0.25) is 19.5 Å². The number of carbonyl (C=O) groups excluding carboxylic acids is 2. The van der Waals surface area contributed by atoms with E-state index >= 15 is 8.78 Å². The summed E-state index contributed by atoms with van der Waals surface area (Å²) < 4.78 is 44.1. The van der Waals surface area contributed by atoms with Gasteiger partial charge in [0.1, 0.15) is 17.3 Å². The Hall–Kier alpha value is -5.01. The van der Waals surface area contributed by atoms with E-state index in [-0.39, 0.29) is 57.3 Å². The summed E-state index contributed by atoms with van der Waals surface area (Å²) >= 11 is 0. The smallest absolute Gasteiger partial charge is 0.237 e. The fourth-order valence-corrected chi connectivity index (χ4v) is 8.30. The number of aryl methyl sites for hydroxylation is 1. The Kier molecular flexibility index (Phi) is 8.86. The number of pyridine rings is 1. The van der Waals surface area contributed by atoms with Crippen LogP contribution in [0.2, 0.25) is 0 Å². The minimum absolute atomic E-state index is 0.00284. The van der Waals surface area contributed by atoms with Gasteiger partial charge in [-0.2, -0.15) is 0 Å². The van der Waals surface area contributed by atoms with Crippen LogP contribution in [0.3, 0.4) is 0 Å². The third-order valence-corrected chi connectivity index (χ3v) is 10.9. The number of hydrogen-bond acceptors (Lipinski definition) is 9. The average Bonchev–Trinajstić information content (AvgIpc) is 3.73. The molecule has 5 heterocycles. The standard InChI is InChI=1S/C39H41F2N7O4/c1-22(49)48-20-39(21-48)18-47(19-39)17-32-37(51-2)46-31(16-43-32)28-9-5-7-26(36(28)41)25-6-4-8-27(35(25)40)30-14-23-10-12-29(34(23)38(45-30)52-3)42-15-24-11-13-33(50)44-24/h4-9,14,16,24,29,42H,10-13,15,17-21H2,1-3H3,(H,44,50)/t24-,29-/m0/s1. The van der Waals surface area contributed by atoms with Gasteiger partial charge < -0.3 is 25.0 Å². The van der Waals surface area contributed by atoms with E-state index in [4.69, 9.17) is 14.5 Å². The number of amides is 2. The van der Waals surface area contributed by atoms with Crippen LogP contribution in [-0.4, -0.2) is 89.6 Å². The number of methoxy groups -OCH3 is 2. The summed E-state index contributed by atoms with van der Waals surface area (Å²) in [6, 6.07) is 11.7. The van der Waals surface area contributed by atoms with E-state index < -0.39 is 11.6 Å². The summed E-state index contributed by atoms with van der Waals surface area (Å²) in [4.78, 5) is 41.3. The molecule has 2 N–H and O–H groups in total. The van der Waals surface area contributed by atoms with Gasteiger partial charge in [0, 0.05) is 97.9 Å². The predicted octanol–water partition coefficient (Wildman–Crippen LogP) is 4.69. The van der Waals surface area contributed by atoms with Crippen molar-refractivity contribution < 1.29 is 27.8 Å². The summed E-state index contributed by atoms with van der Waals surface area (Å²) in [6.07, 6.45) is 4.45. The number of ether oxygens (including phenoxy) is 2. The van der Waals surface area contributed by atoms with Gasteiger partial charge in [-0.1, -0.05) is 24.3 Å². The highest BCUT2D eigenvalue weighted by atomic mass is 19.1. The van der Waals surface area contributed by atoms with E-state index in [1.54, 1.807) is 50.4 Å². The third-order valence-electron chi connectivity index (χ3n) is 10.9. The molecule has 11 nitrogen and oxygen atoms in total. The molecular formula is C39H41F2N7O4. The molecular weight excluding hydrogens is 668 g/mol. The number of nitrogens with one attached hydrogen (secondary N) is 2. The first-order chi connectivity index (χ1) is 25.1. The van der Waals surface area contributed by atoms with Gasteiger partial charge in [-0.25, -0.2) is 18.7 Å². The van der Waals surface area contributed by atoms with Crippen LogP contribution in [0.4, 0.5) is 8.78 Å². The second-order valence-electron chi connectivity index (χ2n) is 14.5. The molecule has 4 aromatic rings. The Balaban J connectivity index is 1.02. The van der Waals surface area contributed by atoms with Gasteiger partial charge in [0.25, 0.3) is 0 Å². The molecule has 13 heteroatoms. The molecule has 2 aromatic carbocycles. The third kappa shape index (κ3) is 6.15. The van der Waals surface area contributed by atoms with E-state index in [1.807, 2.05) is 11.0 Å². The predicted molar refractivity (Wildman–Crippen MR) is 189 cm³/mol. The number of fused-ring (bicyclic) bond motifs is 1. The monoisotopic (exact) mass is 709 g/mol. The molecule has 3 fully saturated rings. The van der Waals surface area contributed by atoms with Crippen LogP contribution in [0.25, 0.3) is 33.6 Å². The van der Waals surface area contributed by atoms with Gasteiger partial charge in [0.15, 0.2) is 0 Å². The van der Waals surface area contributed by atoms with Crippen molar-refractivity contribution in [1.82, 2.24) is 35.4 Å². The van der Waals surface area contributed by atoms with Crippen molar-refractivity contribution in [2.45, 2.75) is 51.2 Å². The zero-order chi connectivity index (χ0) is 36.1. The number of halogens is 2. The Labute approximate surface area is 300 Å². The summed E-state index contributed by atoms with van der Waals surface area (Å²) in [5.74, 6) is -0.322. The molecule has 4 aliphatic rings. The van der Waals surface area contributed by atoms with Crippen LogP contribution in [-0.2, 0) is 22.6 Å². The fraction of sp³-hybridized carbons (Fsp3) is 0.410. The summed E-state index contributed by atoms with van der Waals surface area (Å²) in [5.41, 5.74) is 4.03. The lowest BCUT2D eigenvalue weighted by Gasteiger charge is -2.60. The number of carbonyl (C=O) groups is 2. The van der Waals surface area contributed by atoms with Crippen LogP contribution in [0, 0.1) is 17.0 Å². The first kappa shape index (κ1) is 34.1. The van der Waals surface area contributed by atoms with E-state index in [0.29, 0.717) is 42.7 Å². The quantitative estimate of drug-likeness (QED) is 0.242. The molecule has 0 saturated carbocycles. The van der Waals surface area contributed by atoms with Crippen molar-refractivity contribution in [2.24, 2.45) is 5.41 Å². The Morgan fingerprint density at radius 2 is 1.58 bits per heavy atom. The highest BCUT2D eigenvalue weighted by Gasteiger charge is 2.52. The number of aromatic nitrogens is 3. The summed E-state index contributed by atoms with van der Waals surface area (Å²) in [5, 5.41) is 6.55. The molecule has 1 aliphatic carbocycles. The lowest BCUT2D eigenvalue weighted by molar-refractivity contribution is -0.157. The zero-order valence-electron chi connectivity index (χ0n) is 29.5. The SMILES string of the molecule is COc1nc(-c2cccc(-c3cccc(-c4cc5c(c(OC)n4)[C@@H](NC[C@@H]4CCC(=O)N4)CC5)c3F)c2F)cnc1CN1CC2(C1)CN(C(C)=O)C2. The first-order valence-corrected chi connectivity index (χ1v) is 17.7. The van der Waals surface area contributed by atoms with Crippen molar-refractivity contribution in [3.05, 3.63) is 77.1 Å². The fourth-order valence-electron chi connectivity index (χ4n) is 8.30. The van der Waals surface area contributed by atoms with E-state index in [0.717, 1.165) is 56.6 Å². The van der Waals surface area contributed by atoms with Crippen LogP contribution < -0.4 is 20.1 Å². The molecule has 2 aromatic heterocycles. The highest BCUT2D eigenvalue weighted by molar-refractivity contribution is 5.79. The van der Waals surface area contributed by atoms with Crippen molar-refractivity contribution >= 4 is 11.8 Å². The van der Waals surface area contributed by atoms with Gasteiger partial charge in [-0.15, -0.1) is 0 Å². The van der Waals surface area contributed by atoms with Crippen molar-refractivity contribution in [3.63, 3.8) is 0 Å². The highest BCUT2D eigenvalue weighted by Crippen LogP contribution is 2.42. The van der Waals surface area contributed by atoms with Crippen LogP contribution in [0.15, 0.2) is 48.7 Å². The normalized spacial score (nSPS) is 20.3. The Morgan fingerprint density at radius 1 is 0.923 bits per heavy atom. The van der Waals surface area contributed by atoms with Gasteiger partial charge >= 0.3 is 0 Å². The Morgan fingerprint density at radius 3 is 2.21 bits per heavy atom. The van der Waals surface area contributed by atoms with Crippen LogP contribution >= 0.6 is 0 Å². The minimum atomic E-state index is -0.626. The second kappa shape index (κ2) is 13.5. The molecule has 8 rings (SSSR count). The lowest BCUT2D eigenvalue weighted by atomic mass is 9.73. The van der Waals surface area contributed by atoms with Crippen molar-refractivity contribution in [2.75, 3.05) is 46.9 Å². The van der Waals surface area contributed by atoms with E-state index in [2.05, 4.69) is 25.5 Å². The molecule has 2 atom stereocenters. The van der Waals surface area contributed by atoms with E-state index in [9.17, 15) is 9.59 Å². The molecule has 1 spiro atoms. The number of benzene rings is 2. The molecule has 2 amide bonds. The number of hydrogen-bond donors (Lipinski definition) is 2. The molecule has 0 bridgehead atoms. The molecule has 0 unspecified atom stereocenters. The number of likely N-dealkylation sites (tertiary alicyclic amines) is 2. The zero-order valence-corrected chi connectivity index (χ0v) is 29.5. The maximum Gasteiger partial charge on any atom is 0.237 e. The van der Waals surface area contributed by atoms with Crippen molar-refractivity contribution in [3.8, 4) is 45.4 Å². The second-order valence-corrected chi connectivity index (χ2v) is 14.5. The van der Waals surface area contributed by atoms with E-state index in [1.165, 1.54) is 13.3 Å². The molecule has 0 radical (unpaired) electrons. The molecule has 3 aliphatic heterocycles.